The summed E-state index contributed by atoms with van der Waals surface area (Å²) in [5, 5.41) is 3.77. The molecule has 0 radical (unpaired) electrons. The fraction of sp³-hybridized carbons (Fsp3) is 1.00. The molecule has 3 aliphatic rings. The third-order valence-electron chi connectivity index (χ3n) is 5.95. The lowest BCUT2D eigenvalue weighted by molar-refractivity contribution is 0.0648. The predicted octanol–water partition coefficient (Wildman–Crippen LogP) is 2.57. The van der Waals surface area contributed by atoms with Gasteiger partial charge in [0.15, 0.2) is 0 Å². The lowest BCUT2D eigenvalue weighted by Crippen LogP contribution is -2.53. The Morgan fingerprint density at radius 3 is 2.67 bits per heavy atom. The van der Waals surface area contributed by atoms with Crippen molar-refractivity contribution < 1.29 is 0 Å². The molecule has 3 fully saturated rings. The molecule has 2 heterocycles. The van der Waals surface area contributed by atoms with Crippen LogP contribution in [0.2, 0.25) is 0 Å². The minimum absolute atomic E-state index is 0.579. The number of rotatable bonds is 6. The third kappa shape index (κ3) is 4.00. The molecular weight excluding hydrogens is 258 g/mol. The van der Waals surface area contributed by atoms with Crippen molar-refractivity contribution >= 4 is 0 Å². The van der Waals surface area contributed by atoms with Gasteiger partial charge in [-0.25, -0.2) is 0 Å². The van der Waals surface area contributed by atoms with E-state index in [4.69, 9.17) is 0 Å². The van der Waals surface area contributed by atoms with Crippen LogP contribution >= 0.6 is 0 Å². The highest BCUT2D eigenvalue weighted by Gasteiger charge is 2.38. The molecule has 1 unspecified atom stereocenters. The van der Waals surface area contributed by atoms with E-state index >= 15 is 0 Å². The van der Waals surface area contributed by atoms with E-state index in [1.165, 1.54) is 84.3 Å². The van der Waals surface area contributed by atoms with Crippen LogP contribution in [0.5, 0.6) is 0 Å². The van der Waals surface area contributed by atoms with E-state index in [1.807, 2.05) is 0 Å². The quantitative estimate of drug-likeness (QED) is 0.812. The first-order valence-electron chi connectivity index (χ1n) is 9.34. The smallest absolute Gasteiger partial charge is 0.0224 e. The zero-order valence-electron chi connectivity index (χ0n) is 14.2. The maximum Gasteiger partial charge on any atom is 0.0224 e. The van der Waals surface area contributed by atoms with E-state index < -0.39 is 0 Å². The summed E-state index contributed by atoms with van der Waals surface area (Å²) in [6.07, 6.45) is 8.67. The number of hydrogen-bond donors (Lipinski definition) is 1. The van der Waals surface area contributed by atoms with E-state index in [0.717, 1.165) is 12.0 Å². The highest BCUT2D eigenvalue weighted by atomic mass is 15.3. The lowest BCUT2D eigenvalue weighted by atomic mass is 9.84. The van der Waals surface area contributed by atoms with Crippen LogP contribution in [0.1, 0.15) is 52.4 Å². The summed E-state index contributed by atoms with van der Waals surface area (Å²) >= 11 is 0. The standard InChI is InChI=1S/C18H35N3/c1-16(2)12-19-14-18(7-3-4-8-18)15-20-10-11-21-9-5-6-17(21)13-20/h16-17,19H,3-15H2,1-2H3. The van der Waals surface area contributed by atoms with E-state index in [9.17, 15) is 0 Å². The van der Waals surface area contributed by atoms with E-state index in [0.29, 0.717) is 5.41 Å². The van der Waals surface area contributed by atoms with Gasteiger partial charge in [-0.15, -0.1) is 0 Å². The zero-order valence-corrected chi connectivity index (χ0v) is 14.2. The molecule has 1 saturated carbocycles. The van der Waals surface area contributed by atoms with Gasteiger partial charge in [-0.3, -0.25) is 9.80 Å². The summed E-state index contributed by atoms with van der Waals surface area (Å²) in [5.41, 5.74) is 0.579. The molecule has 0 aromatic heterocycles. The largest absolute Gasteiger partial charge is 0.316 e. The molecule has 0 aromatic carbocycles. The topological polar surface area (TPSA) is 18.5 Å². The number of piperazine rings is 1. The van der Waals surface area contributed by atoms with Gasteiger partial charge in [0.2, 0.25) is 0 Å². The van der Waals surface area contributed by atoms with Gasteiger partial charge < -0.3 is 5.32 Å². The molecule has 21 heavy (non-hydrogen) atoms. The highest BCUT2D eigenvalue weighted by Crippen LogP contribution is 2.39. The van der Waals surface area contributed by atoms with Crippen molar-refractivity contribution in [3.63, 3.8) is 0 Å². The van der Waals surface area contributed by atoms with E-state index in [-0.39, 0.29) is 0 Å². The number of nitrogens with one attached hydrogen (secondary N) is 1. The normalized spacial score (nSPS) is 30.1. The Morgan fingerprint density at radius 1 is 1.10 bits per heavy atom. The van der Waals surface area contributed by atoms with Gasteiger partial charge in [0.25, 0.3) is 0 Å². The Balaban J connectivity index is 1.52. The van der Waals surface area contributed by atoms with Crippen molar-refractivity contribution in [3.05, 3.63) is 0 Å². The molecule has 1 N–H and O–H groups in total. The summed E-state index contributed by atoms with van der Waals surface area (Å²) < 4.78 is 0. The van der Waals surface area contributed by atoms with Crippen molar-refractivity contribution in [2.24, 2.45) is 11.3 Å². The monoisotopic (exact) mass is 293 g/mol. The Kier molecular flexibility index (Phi) is 5.23. The Labute approximate surface area is 131 Å². The lowest BCUT2D eigenvalue weighted by Gasteiger charge is -2.42. The summed E-state index contributed by atoms with van der Waals surface area (Å²) in [6, 6.07) is 0.876. The minimum atomic E-state index is 0.579. The molecule has 0 bridgehead atoms. The molecule has 0 amide bonds. The summed E-state index contributed by atoms with van der Waals surface area (Å²) in [7, 11) is 0. The van der Waals surface area contributed by atoms with Crippen LogP contribution in [0, 0.1) is 11.3 Å². The second-order valence-electron chi connectivity index (χ2n) is 8.30. The zero-order chi connectivity index (χ0) is 14.7. The van der Waals surface area contributed by atoms with Gasteiger partial charge in [0.05, 0.1) is 0 Å². The molecule has 3 rings (SSSR count). The van der Waals surface area contributed by atoms with Gasteiger partial charge in [-0.05, 0) is 50.1 Å². The van der Waals surface area contributed by atoms with Crippen molar-refractivity contribution in [3.8, 4) is 0 Å². The minimum Gasteiger partial charge on any atom is -0.316 e. The fourth-order valence-corrected chi connectivity index (χ4v) is 4.82. The van der Waals surface area contributed by atoms with E-state index in [1.54, 1.807) is 0 Å². The van der Waals surface area contributed by atoms with Gasteiger partial charge in [0, 0.05) is 38.8 Å². The van der Waals surface area contributed by atoms with Gasteiger partial charge >= 0.3 is 0 Å². The van der Waals surface area contributed by atoms with Crippen molar-refractivity contribution in [2.45, 2.75) is 58.4 Å². The van der Waals surface area contributed by atoms with Gasteiger partial charge in [-0.2, -0.15) is 0 Å². The Hall–Kier alpha value is -0.120. The Bertz CT molecular complexity index is 322. The second kappa shape index (κ2) is 6.97. The van der Waals surface area contributed by atoms with Crippen LogP contribution < -0.4 is 5.32 Å². The van der Waals surface area contributed by atoms with Crippen LogP contribution in [-0.4, -0.2) is 61.7 Å². The first kappa shape index (κ1) is 15.8. The molecule has 122 valence electrons. The second-order valence-corrected chi connectivity index (χ2v) is 8.30. The first-order chi connectivity index (χ1) is 10.2. The number of nitrogens with zero attached hydrogens (tertiary/aromatic N) is 2. The summed E-state index contributed by atoms with van der Waals surface area (Å²) in [5.74, 6) is 0.769. The first-order valence-corrected chi connectivity index (χ1v) is 9.34. The van der Waals surface area contributed by atoms with Crippen LogP contribution in [-0.2, 0) is 0 Å². The molecule has 1 aliphatic carbocycles. The fourth-order valence-electron chi connectivity index (χ4n) is 4.82. The van der Waals surface area contributed by atoms with Crippen LogP contribution in [0.4, 0.5) is 0 Å². The Morgan fingerprint density at radius 2 is 1.90 bits per heavy atom. The molecule has 2 saturated heterocycles. The molecule has 1 atom stereocenters. The van der Waals surface area contributed by atoms with Gasteiger partial charge in [0.1, 0.15) is 0 Å². The maximum absolute atomic E-state index is 3.77. The molecular formula is C18H35N3. The molecule has 3 nitrogen and oxygen atoms in total. The van der Waals surface area contributed by atoms with Crippen molar-refractivity contribution in [2.75, 3.05) is 45.8 Å². The van der Waals surface area contributed by atoms with Crippen LogP contribution in [0.25, 0.3) is 0 Å². The predicted molar refractivity (Wildman–Crippen MR) is 89.6 cm³/mol. The molecule has 2 aliphatic heterocycles. The SMILES string of the molecule is CC(C)CNCC1(CN2CCN3CCCC3C2)CCCC1. The molecule has 0 aromatic rings. The third-order valence-corrected chi connectivity index (χ3v) is 5.95. The average molecular weight is 293 g/mol. The number of hydrogen-bond acceptors (Lipinski definition) is 3. The highest BCUT2D eigenvalue weighted by molar-refractivity contribution is 4.93. The maximum atomic E-state index is 3.77. The van der Waals surface area contributed by atoms with E-state index in [2.05, 4.69) is 29.0 Å². The summed E-state index contributed by atoms with van der Waals surface area (Å²) in [4.78, 5) is 5.53. The average Bonchev–Trinajstić information content (AvgIpc) is 3.07. The van der Waals surface area contributed by atoms with Crippen molar-refractivity contribution in [1.29, 1.82) is 0 Å². The van der Waals surface area contributed by atoms with Crippen molar-refractivity contribution in [1.82, 2.24) is 15.1 Å². The van der Waals surface area contributed by atoms with Crippen LogP contribution in [0.15, 0.2) is 0 Å². The molecule has 0 spiro atoms. The van der Waals surface area contributed by atoms with Crippen LogP contribution in [0.3, 0.4) is 0 Å². The van der Waals surface area contributed by atoms with Gasteiger partial charge in [-0.1, -0.05) is 26.7 Å². The number of fused-ring (bicyclic) bond motifs is 1. The summed E-state index contributed by atoms with van der Waals surface area (Å²) in [6.45, 7) is 13.7. The molecule has 3 heteroatoms.